The largest absolute Gasteiger partial charge is 0.522 e. The van der Waals surface area contributed by atoms with Gasteiger partial charge >= 0.3 is 12.5 Å². The monoisotopic (exact) mass is 515 g/mol. The summed E-state index contributed by atoms with van der Waals surface area (Å²) in [6.07, 6.45) is -5.64. The average molecular weight is 515 g/mol. The molecule has 0 spiro atoms. The topological polar surface area (TPSA) is 128 Å². The van der Waals surface area contributed by atoms with E-state index < -0.39 is 37.3 Å². The first-order valence-corrected chi connectivity index (χ1v) is 11.1. The highest BCUT2D eigenvalue weighted by Crippen LogP contribution is 2.38. The molecule has 0 aliphatic heterocycles. The molecule has 1 aliphatic carbocycles. The summed E-state index contributed by atoms with van der Waals surface area (Å²) in [5, 5.41) is 12.4. The number of rotatable bonds is 8. The molecule has 36 heavy (non-hydrogen) atoms. The molecule has 0 unspecified atom stereocenters. The van der Waals surface area contributed by atoms with Crippen LogP contribution in [-0.2, 0) is 16.1 Å². The van der Waals surface area contributed by atoms with Crippen LogP contribution < -0.4 is 15.4 Å². The van der Waals surface area contributed by atoms with Gasteiger partial charge in [-0.15, -0.1) is 13.2 Å². The summed E-state index contributed by atoms with van der Waals surface area (Å²) in [6.45, 7) is 2.77. The number of nitrogens with zero attached hydrogens (tertiary/aromatic N) is 4. The number of imidazole rings is 1. The summed E-state index contributed by atoms with van der Waals surface area (Å²) in [7, 11) is 1.38. The minimum absolute atomic E-state index is 0.0203. The molecule has 1 fully saturated rings. The number of methoxy groups -OCH3 is 1. The normalized spacial score (nSPS) is 20.2. The number of hydrogen-bond donors (Lipinski definition) is 3. The van der Waals surface area contributed by atoms with E-state index in [2.05, 4.69) is 35.5 Å². The first-order chi connectivity index (χ1) is 17.0. The molecule has 0 saturated heterocycles. The molecule has 3 heterocycles. The Morgan fingerprint density at radius 3 is 2.75 bits per heavy atom. The van der Waals surface area contributed by atoms with Crippen molar-refractivity contribution in [2.75, 3.05) is 12.4 Å². The molecule has 11 nitrogen and oxygen atoms in total. The van der Waals surface area contributed by atoms with Crippen molar-refractivity contribution in [3.8, 4) is 5.88 Å². The molecule has 3 aromatic rings. The summed E-state index contributed by atoms with van der Waals surface area (Å²) in [4.78, 5) is 20.2. The van der Waals surface area contributed by atoms with E-state index >= 15 is 4.39 Å². The third-order valence-corrected chi connectivity index (χ3v) is 5.48. The lowest BCUT2D eigenvalue weighted by atomic mass is 10.0. The van der Waals surface area contributed by atoms with Crippen molar-refractivity contribution in [2.45, 2.75) is 63.9 Å². The number of nitrogens with one attached hydrogen (secondary N) is 3. The van der Waals surface area contributed by atoms with Gasteiger partial charge in [-0.1, -0.05) is 0 Å². The highest BCUT2D eigenvalue weighted by molar-refractivity contribution is 5.67. The Kier molecular flexibility index (Phi) is 7.19. The lowest BCUT2D eigenvalue weighted by Crippen LogP contribution is -2.36. The van der Waals surface area contributed by atoms with Crippen molar-refractivity contribution in [2.24, 2.45) is 0 Å². The van der Waals surface area contributed by atoms with Crippen molar-refractivity contribution >= 4 is 23.5 Å². The van der Waals surface area contributed by atoms with Gasteiger partial charge < -0.3 is 20.1 Å². The molecular formula is C21H25F4N7O4. The summed E-state index contributed by atoms with van der Waals surface area (Å²) >= 11 is 0. The highest BCUT2D eigenvalue weighted by atomic mass is 19.4. The van der Waals surface area contributed by atoms with E-state index in [4.69, 9.17) is 9.47 Å². The van der Waals surface area contributed by atoms with Crippen molar-refractivity contribution in [1.29, 1.82) is 0 Å². The summed E-state index contributed by atoms with van der Waals surface area (Å²) in [5.41, 5.74) is 0.775. The van der Waals surface area contributed by atoms with Gasteiger partial charge in [-0.2, -0.15) is 10.1 Å². The number of alkyl carbamates (subject to hydrolysis) is 1. The van der Waals surface area contributed by atoms with Gasteiger partial charge in [0.2, 0.25) is 11.8 Å². The summed E-state index contributed by atoms with van der Waals surface area (Å²) < 4.78 is 67.9. The fraction of sp³-hybridized carbons (Fsp3) is 0.524. The molecule has 196 valence electrons. The second-order valence-electron chi connectivity index (χ2n) is 8.52. The number of alkyl halides is 4. The number of carbonyl (C=O) groups is 1. The Bertz CT molecular complexity index is 1210. The molecule has 3 aromatic heterocycles. The lowest BCUT2D eigenvalue weighted by molar-refractivity contribution is -0.330. The van der Waals surface area contributed by atoms with Gasteiger partial charge in [-0.3, -0.25) is 14.2 Å². The Labute approximate surface area is 202 Å². The first kappa shape index (κ1) is 25.5. The van der Waals surface area contributed by atoms with Crippen LogP contribution in [0.5, 0.6) is 5.88 Å². The van der Waals surface area contributed by atoms with Crippen molar-refractivity contribution in [3.63, 3.8) is 0 Å². The molecular weight excluding hydrogens is 490 g/mol. The van der Waals surface area contributed by atoms with Crippen molar-refractivity contribution < 1.29 is 36.6 Å². The number of carbonyl (C=O) groups excluding carboxylic acids is 1. The van der Waals surface area contributed by atoms with Crippen LogP contribution >= 0.6 is 0 Å². The Hall–Kier alpha value is -3.62. The van der Waals surface area contributed by atoms with Crippen LogP contribution in [0.15, 0.2) is 18.3 Å². The maximum atomic E-state index is 15.0. The number of H-pyrrole nitrogens is 1. The minimum Gasteiger partial charge on any atom is -0.481 e. The van der Waals surface area contributed by atoms with Gasteiger partial charge in [0.25, 0.3) is 0 Å². The number of amides is 1. The maximum absolute atomic E-state index is 15.0. The fourth-order valence-electron chi connectivity index (χ4n) is 3.92. The molecule has 15 heteroatoms. The van der Waals surface area contributed by atoms with E-state index in [1.807, 2.05) is 0 Å². The predicted octanol–water partition coefficient (Wildman–Crippen LogP) is 3.96. The summed E-state index contributed by atoms with van der Waals surface area (Å²) in [5.74, 6) is 0.0300. The Morgan fingerprint density at radius 2 is 2.06 bits per heavy atom. The van der Waals surface area contributed by atoms with E-state index in [1.54, 1.807) is 19.9 Å². The molecule has 4 rings (SSSR count). The number of aromatic amines is 1. The number of fused-ring (bicyclic) bond motifs is 1. The number of anilines is 2. The van der Waals surface area contributed by atoms with E-state index in [0.717, 1.165) is 0 Å². The molecule has 0 bridgehead atoms. The zero-order valence-electron chi connectivity index (χ0n) is 19.6. The van der Waals surface area contributed by atoms with E-state index in [1.165, 1.54) is 23.8 Å². The predicted molar refractivity (Wildman–Crippen MR) is 118 cm³/mol. The van der Waals surface area contributed by atoms with E-state index in [0.29, 0.717) is 18.5 Å². The third kappa shape index (κ3) is 5.95. The van der Waals surface area contributed by atoms with Crippen molar-refractivity contribution in [3.05, 3.63) is 29.7 Å². The molecule has 3 N–H and O–H groups in total. The van der Waals surface area contributed by atoms with Gasteiger partial charge in [0, 0.05) is 36.0 Å². The van der Waals surface area contributed by atoms with Crippen LogP contribution in [0.3, 0.4) is 0 Å². The smallest absolute Gasteiger partial charge is 0.481 e. The van der Waals surface area contributed by atoms with Crippen LogP contribution in [0, 0.1) is 0 Å². The second kappa shape index (κ2) is 10.2. The highest BCUT2D eigenvalue weighted by Gasteiger charge is 2.41. The molecule has 1 aliphatic rings. The first-order valence-electron chi connectivity index (χ1n) is 11.1. The standard InChI is InChI=1S/C21H25F4N7O4/c1-10(2)26-20(33)36-14-5-4-12(18(14)22)13-6-15(31-30-13)28-19-29-17(34-3)7-16-27-11(8-32(16)19)9-35-21(23,24)25/h6-8,10,12,14,18H,4-5,9H2,1-3H3,(H,26,33)(H2,28,29,30,31)/t12-,14-,18+/m0/s1. The molecule has 0 aromatic carbocycles. The van der Waals surface area contributed by atoms with Gasteiger partial charge in [-0.25, -0.2) is 14.2 Å². The van der Waals surface area contributed by atoms with Gasteiger partial charge in [-0.05, 0) is 26.7 Å². The third-order valence-electron chi connectivity index (χ3n) is 5.48. The van der Waals surface area contributed by atoms with Crippen LogP contribution in [0.4, 0.5) is 34.1 Å². The SMILES string of the molecule is COc1cc2nc(COC(F)(F)F)cn2c(Nc2cc([C@@H]3CC[C@H](OC(=O)NC(C)C)[C@@H]3F)[nH]n2)n1. The number of hydrogen-bond acceptors (Lipinski definition) is 8. The Morgan fingerprint density at radius 1 is 1.28 bits per heavy atom. The van der Waals surface area contributed by atoms with Crippen LogP contribution in [0.25, 0.3) is 5.65 Å². The maximum Gasteiger partial charge on any atom is 0.522 e. The zero-order chi connectivity index (χ0) is 26.0. The Balaban J connectivity index is 1.49. The lowest BCUT2D eigenvalue weighted by Gasteiger charge is -2.18. The number of ether oxygens (including phenoxy) is 3. The fourth-order valence-corrected chi connectivity index (χ4v) is 3.92. The van der Waals surface area contributed by atoms with Crippen LogP contribution in [0.2, 0.25) is 0 Å². The summed E-state index contributed by atoms with van der Waals surface area (Å²) in [6, 6.07) is 2.90. The van der Waals surface area contributed by atoms with Crippen LogP contribution in [-0.4, -0.2) is 62.4 Å². The minimum atomic E-state index is -4.80. The molecule has 3 atom stereocenters. The molecule has 1 saturated carbocycles. The second-order valence-corrected chi connectivity index (χ2v) is 8.52. The van der Waals surface area contributed by atoms with Gasteiger partial charge in [0.15, 0.2) is 5.82 Å². The number of halogens is 4. The molecule has 1 amide bonds. The quantitative estimate of drug-likeness (QED) is 0.385. The van der Waals surface area contributed by atoms with E-state index in [-0.39, 0.29) is 35.0 Å². The number of aromatic nitrogens is 5. The van der Waals surface area contributed by atoms with Crippen LogP contribution in [0.1, 0.15) is 44.0 Å². The van der Waals surface area contributed by atoms with Crippen molar-refractivity contribution in [1.82, 2.24) is 29.9 Å². The average Bonchev–Trinajstić information content (AvgIpc) is 3.50. The zero-order valence-corrected chi connectivity index (χ0v) is 19.6. The van der Waals surface area contributed by atoms with Gasteiger partial charge in [0.1, 0.15) is 17.9 Å². The van der Waals surface area contributed by atoms with Gasteiger partial charge in [0.05, 0.1) is 19.4 Å². The molecule has 0 radical (unpaired) electrons. The van der Waals surface area contributed by atoms with E-state index in [9.17, 15) is 18.0 Å².